The third kappa shape index (κ3) is 1.90. The van der Waals surface area contributed by atoms with Crippen molar-refractivity contribution in [3.63, 3.8) is 0 Å². The minimum absolute atomic E-state index is 0.0899. The number of nitrogens with one attached hydrogen (secondary N) is 2. The first kappa shape index (κ1) is 9.13. The SMILES string of the molecule is Nc1nccnc1C(=O)Nc1ccn[nH]1. The van der Waals surface area contributed by atoms with E-state index in [0.29, 0.717) is 5.82 Å². The van der Waals surface area contributed by atoms with Crippen LogP contribution in [0.4, 0.5) is 11.6 Å². The van der Waals surface area contributed by atoms with Gasteiger partial charge in [-0.25, -0.2) is 9.97 Å². The van der Waals surface area contributed by atoms with Crippen LogP contribution in [-0.4, -0.2) is 26.1 Å². The molecule has 0 radical (unpaired) electrons. The summed E-state index contributed by atoms with van der Waals surface area (Å²) in [6.45, 7) is 0. The predicted octanol–water partition coefficient (Wildman–Crippen LogP) is 0.0342. The largest absolute Gasteiger partial charge is 0.382 e. The smallest absolute Gasteiger partial charge is 0.279 e. The van der Waals surface area contributed by atoms with E-state index in [-0.39, 0.29) is 11.5 Å². The second-order valence-corrected chi connectivity index (χ2v) is 2.71. The fraction of sp³-hybridized carbons (Fsp3) is 0. The van der Waals surface area contributed by atoms with Crippen LogP contribution in [0.3, 0.4) is 0 Å². The van der Waals surface area contributed by atoms with Gasteiger partial charge in [-0.15, -0.1) is 0 Å². The van der Waals surface area contributed by atoms with Crippen molar-refractivity contribution < 1.29 is 4.79 Å². The average Bonchev–Trinajstić information content (AvgIpc) is 2.71. The summed E-state index contributed by atoms with van der Waals surface area (Å²) in [6.07, 6.45) is 4.34. The Balaban J connectivity index is 2.19. The molecule has 0 spiro atoms. The first-order chi connectivity index (χ1) is 7.27. The number of aromatic amines is 1. The van der Waals surface area contributed by atoms with Crippen molar-refractivity contribution in [2.75, 3.05) is 11.1 Å². The second-order valence-electron chi connectivity index (χ2n) is 2.71. The number of amides is 1. The lowest BCUT2D eigenvalue weighted by Crippen LogP contribution is -2.16. The Morgan fingerprint density at radius 2 is 2.13 bits per heavy atom. The number of carbonyl (C=O) groups excluding carboxylic acids is 1. The van der Waals surface area contributed by atoms with Crippen LogP contribution < -0.4 is 11.1 Å². The molecule has 7 heteroatoms. The fourth-order valence-electron chi connectivity index (χ4n) is 1.03. The van der Waals surface area contributed by atoms with Gasteiger partial charge in [-0.2, -0.15) is 5.10 Å². The number of H-pyrrole nitrogens is 1. The van der Waals surface area contributed by atoms with E-state index in [9.17, 15) is 4.79 Å². The summed E-state index contributed by atoms with van der Waals surface area (Å²) < 4.78 is 0. The van der Waals surface area contributed by atoms with Crippen LogP contribution >= 0.6 is 0 Å². The van der Waals surface area contributed by atoms with Gasteiger partial charge in [-0.05, 0) is 0 Å². The van der Waals surface area contributed by atoms with E-state index in [1.807, 2.05) is 0 Å². The molecule has 76 valence electrons. The van der Waals surface area contributed by atoms with Crippen LogP contribution in [-0.2, 0) is 0 Å². The second kappa shape index (κ2) is 3.74. The van der Waals surface area contributed by atoms with Gasteiger partial charge in [0.15, 0.2) is 11.5 Å². The highest BCUT2D eigenvalue weighted by molar-refractivity contribution is 6.05. The van der Waals surface area contributed by atoms with E-state index in [0.717, 1.165) is 0 Å². The van der Waals surface area contributed by atoms with Crippen molar-refractivity contribution in [2.24, 2.45) is 0 Å². The van der Waals surface area contributed by atoms with Crippen molar-refractivity contribution in [1.82, 2.24) is 20.2 Å². The van der Waals surface area contributed by atoms with Crippen LogP contribution in [0, 0.1) is 0 Å². The number of aromatic nitrogens is 4. The maximum Gasteiger partial charge on any atom is 0.279 e. The number of nitrogens with zero attached hydrogens (tertiary/aromatic N) is 3. The Labute approximate surface area is 84.7 Å². The zero-order valence-corrected chi connectivity index (χ0v) is 7.64. The van der Waals surface area contributed by atoms with Gasteiger partial charge in [0.1, 0.15) is 5.82 Å². The zero-order chi connectivity index (χ0) is 10.7. The fourth-order valence-corrected chi connectivity index (χ4v) is 1.03. The molecule has 2 aromatic rings. The quantitative estimate of drug-likeness (QED) is 0.639. The monoisotopic (exact) mass is 204 g/mol. The van der Waals surface area contributed by atoms with Gasteiger partial charge in [0.2, 0.25) is 0 Å². The molecule has 0 saturated carbocycles. The number of anilines is 2. The third-order valence-electron chi connectivity index (χ3n) is 1.69. The Kier molecular flexibility index (Phi) is 2.28. The van der Waals surface area contributed by atoms with E-state index < -0.39 is 5.91 Å². The number of rotatable bonds is 2. The lowest BCUT2D eigenvalue weighted by molar-refractivity contribution is 0.102. The molecule has 15 heavy (non-hydrogen) atoms. The number of nitrogens with two attached hydrogens (primary N) is 1. The Morgan fingerprint density at radius 3 is 2.80 bits per heavy atom. The molecule has 0 unspecified atom stereocenters. The van der Waals surface area contributed by atoms with Gasteiger partial charge in [-0.1, -0.05) is 0 Å². The summed E-state index contributed by atoms with van der Waals surface area (Å²) in [5.41, 5.74) is 5.58. The van der Waals surface area contributed by atoms with E-state index >= 15 is 0 Å². The molecular formula is C8H8N6O. The predicted molar refractivity (Wildman–Crippen MR) is 53.0 cm³/mol. The zero-order valence-electron chi connectivity index (χ0n) is 7.64. The molecule has 0 aromatic carbocycles. The standard InChI is InChI=1S/C8H8N6O/c9-7-6(10-3-4-11-7)8(15)13-5-1-2-12-14-5/h1-4H,(H2,9,11)(H2,12,13,14,15). The minimum atomic E-state index is -0.426. The van der Waals surface area contributed by atoms with Gasteiger partial charge < -0.3 is 11.1 Å². The summed E-state index contributed by atoms with van der Waals surface area (Å²) in [5, 5.41) is 8.81. The topological polar surface area (TPSA) is 110 Å². The third-order valence-corrected chi connectivity index (χ3v) is 1.69. The van der Waals surface area contributed by atoms with Crippen molar-refractivity contribution in [3.05, 3.63) is 30.4 Å². The van der Waals surface area contributed by atoms with Crippen LogP contribution in [0.25, 0.3) is 0 Å². The molecular weight excluding hydrogens is 196 g/mol. The molecule has 0 aliphatic heterocycles. The number of nitrogen functional groups attached to an aromatic ring is 1. The van der Waals surface area contributed by atoms with Crippen LogP contribution in [0.5, 0.6) is 0 Å². The molecule has 0 aliphatic rings. The highest BCUT2D eigenvalue weighted by atomic mass is 16.2. The summed E-state index contributed by atoms with van der Waals surface area (Å²) in [6, 6.07) is 1.62. The highest BCUT2D eigenvalue weighted by Gasteiger charge is 2.12. The van der Waals surface area contributed by atoms with Gasteiger partial charge in [0.25, 0.3) is 5.91 Å². The first-order valence-electron chi connectivity index (χ1n) is 4.14. The first-order valence-corrected chi connectivity index (χ1v) is 4.14. The van der Waals surface area contributed by atoms with Crippen LogP contribution in [0.15, 0.2) is 24.7 Å². The van der Waals surface area contributed by atoms with Crippen molar-refractivity contribution >= 4 is 17.5 Å². The Hall–Kier alpha value is -2.44. The molecule has 4 N–H and O–H groups in total. The number of hydrogen-bond donors (Lipinski definition) is 3. The van der Waals surface area contributed by atoms with Crippen molar-refractivity contribution in [2.45, 2.75) is 0 Å². The van der Waals surface area contributed by atoms with E-state index in [2.05, 4.69) is 25.5 Å². The molecule has 1 amide bonds. The number of hydrogen-bond acceptors (Lipinski definition) is 5. The molecule has 2 aromatic heterocycles. The van der Waals surface area contributed by atoms with Crippen LogP contribution in [0.2, 0.25) is 0 Å². The Bertz CT molecular complexity index is 466. The molecule has 0 saturated heterocycles. The van der Waals surface area contributed by atoms with Crippen molar-refractivity contribution in [1.29, 1.82) is 0 Å². The summed E-state index contributed by atoms with van der Waals surface area (Å²) in [5.74, 6) is 0.143. The van der Waals surface area contributed by atoms with Gasteiger partial charge in [0, 0.05) is 18.5 Å². The maximum absolute atomic E-state index is 11.6. The summed E-state index contributed by atoms with van der Waals surface area (Å²) >= 11 is 0. The molecule has 0 aliphatic carbocycles. The van der Waals surface area contributed by atoms with Crippen LogP contribution in [0.1, 0.15) is 10.5 Å². The van der Waals surface area contributed by atoms with Crippen molar-refractivity contribution in [3.8, 4) is 0 Å². The van der Waals surface area contributed by atoms with E-state index in [1.165, 1.54) is 18.6 Å². The number of carbonyl (C=O) groups is 1. The summed E-state index contributed by atoms with van der Waals surface area (Å²) in [4.78, 5) is 19.2. The van der Waals surface area contributed by atoms with Gasteiger partial charge in [-0.3, -0.25) is 9.89 Å². The average molecular weight is 204 g/mol. The van der Waals surface area contributed by atoms with Gasteiger partial charge in [0.05, 0.1) is 6.20 Å². The molecule has 2 heterocycles. The molecule has 0 atom stereocenters. The normalized spacial score (nSPS) is 9.87. The van der Waals surface area contributed by atoms with E-state index in [4.69, 9.17) is 5.73 Å². The molecule has 0 fully saturated rings. The summed E-state index contributed by atoms with van der Waals surface area (Å²) in [7, 11) is 0. The lowest BCUT2D eigenvalue weighted by atomic mass is 10.4. The molecule has 7 nitrogen and oxygen atoms in total. The lowest BCUT2D eigenvalue weighted by Gasteiger charge is -2.02. The highest BCUT2D eigenvalue weighted by Crippen LogP contribution is 2.06. The Morgan fingerprint density at radius 1 is 1.33 bits per heavy atom. The minimum Gasteiger partial charge on any atom is -0.382 e. The van der Waals surface area contributed by atoms with E-state index in [1.54, 1.807) is 6.07 Å². The molecule has 2 rings (SSSR count). The molecule has 0 bridgehead atoms. The van der Waals surface area contributed by atoms with Gasteiger partial charge >= 0.3 is 0 Å². The maximum atomic E-state index is 11.6.